The number of ether oxygens (including phenoxy) is 1. The lowest BCUT2D eigenvalue weighted by Gasteiger charge is -2.30. The van der Waals surface area contributed by atoms with E-state index in [-0.39, 0.29) is 17.7 Å². The Balaban J connectivity index is 1.66. The second-order valence-corrected chi connectivity index (χ2v) is 8.19. The zero-order valence-electron chi connectivity index (χ0n) is 16.2. The Kier molecular flexibility index (Phi) is 5.45. The summed E-state index contributed by atoms with van der Waals surface area (Å²) in [5, 5.41) is 15.4. The number of aliphatic hydroxyl groups is 1. The van der Waals surface area contributed by atoms with E-state index in [0.29, 0.717) is 6.07 Å². The number of nitrogens with one attached hydrogen (secondary N) is 1. The summed E-state index contributed by atoms with van der Waals surface area (Å²) in [5.41, 5.74) is -2.63. The summed E-state index contributed by atoms with van der Waals surface area (Å²) < 4.78 is 85.8. The number of carbonyl (C=O) groups is 1. The van der Waals surface area contributed by atoms with E-state index in [1.807, 2.05) is 0 Å². The summed E-state index contributed by atoms with van der Waals surface area (Å²) in [6.07, 6.45) is -11.3. The molecular weight excluding hydrogens is 468 g/mol. The lowest BCUT2D eigenvalue weighted by molar-refractivity contribution is -0.143. The van der Waals surface area contributed by atoms with Crippen molar-refractivity contribution in [2.24, 2.45) is 13.0 Å². The molecule has 32 heavy (non-hydrogen) atoms. The van der Waals surface area contributed by atoms with E-state index in [4.69, 9.17) is 16.3 Å². The standard InChI is InChI=1S/C19H16ClF6N3O3/c1-29-6-8(16(28-29)19(24,25)26)13-14(12-5-11(30)15(13)32-12)17(31)27-7-2-3-9(10(20)4-7)18(21,22)23/h2-4,6,11-15,30H,5H2,1H3,(H,27,31)/t11-,12+,13+,14-,15-/m0/s1. The van der Waals surface area contributed by atoms with Crippen LogP contribution in [0.1, 0.15) is 29.2 Å². The molecule has 4 rings (SSSR count). The minimum Gasteiger partial charge on any atom is -0.390 e. The SMILES string of the molecule is Cn1cc([C@H]2[C@H]3O[C@H](C[C@@H]3O)[C@@H]2C(=O)Nc2ccc(C(F)(F)F)c(Cl)c2)c(C(F)(F)F)n1. The zero-order valence-corrected chi connectivity index (χ0v) is 17.0. The number of hydrogen-bond acceptors (Lipinski definition) is 4. The molecule has 5 atom stereocenters. The van der Waals surface area contributed by atoms with Crippen molar-refractivity contribution in [2.75, 3.05) is 5.32 Å². The van der Waals surface area contributed by atoms with Gasteiger partial charge in [0.2, 0.25) is 5.91 Å². The van der Waals surface area contributed by atoms with Gasteiger partial charge < -0.3 is 15.2 Å². The first-order valence-corrected chi connectivity index (χ1v) is 9.77. The third kappa shape index (κ3) is 3.95. The molecule has 2 fully saturated rings. The zero-order chi connectivity index (χ0) is 23.6. The summed E-state index contributed by atoms with van der Waals surface area (Å²) in [6, 6.07) is 2.60. The lowest BCUT2D eigenvalue weighted by atomic mass is 9.73. The normalized spacial score (nSPS) is 27.7. The predicted octanol–water partition coefficient (Wildman–Crippen LogP) is 3.98. The molecule has 2 aliphatic heterocycles. The van der Waals surface area contributed by atoms with Gasteiger partial charge in [0, 0.05) is 36.8 Å². The van der Waals surface area contributed by atoms with Crippen molar-refractivity contribution in [1.82, 2.24) is 9.78 Å². The van der Waals surface area contributed by atoms with Crippen LogP contribution < -0.4 is 5.32 Å². The minimum absolute atomic E-state index is 0.0363. The number of amides is 1. The van der Waals surface area contributed by atoms with Gasteiger partial charge in [-0.1, -0.05) is 11.6 Å². The Morgan fingerprint density at radius 3 is 2.53 bits per heavy atom. The first-order valence-electron chi connectivity index (χ1n) is 9.39. The molecule has 2 saturated heterocycles. The second kappa shape index (κ2) is 7.63. The van der Waals surface area contributed by atoms with Gasteiger partial charge in [0.25, 0.3) is 0 Å². The fourth-order valence-electron chi connectivity index (χ4n) is 4.43. The predicted molar refractivity (Wildman–Crippen MR) is 98.8 cm³/mol. The summed E-state index contributed by atoms with van der Waals surface area (Å²) >= 11 is 5.67. The number of hydrogen-bond donors (Lipinski definition) is 2. The van der Waals surface area contributed by atoms with Gasteiger partial charge in [-0.3, -0.25) is 9.48 Å². The van der Waals surface area contributed by atoms with E-state index in [2.05, 4.69) is 10.4 Å². The van der Waals surface area contributed by atoms with E-state index in [1.54, 1.807) is 0 Å². The molecule has 1 amide bonds. The fourth-order valence-corrected chi connectivity index (χ4v) is 4.72. The second-order valence-electron chi connectivity index (χ2n) is 7.78. The average Bonchev–Trinajstić information content (AvgIpc) is 3.31. The topological polar surface area (TPSA) is 76.4 Å². The van der Waals surface area contributed by atoms with Gasteiger partial charge in [0.15, 0.2) is 5.69 Å². The molecule has 2 aliphatic rings. The number of alkyl halides is 6. The molecule has 0 radical (unpaired) electrons. The van der Waals surface area contributed by atoms with Crippen LogP contribution in [-0.2, 0) is 28.9 Å². The highest BCUT2D eigenvalue weighted by Gasteiger charge is 2.59. The largest absolute Gasteiger partial charge is 0.435 e. The third-order valence-electron chi connectivity index (χ3n) is 5.66. The molecule has 2 N–H and O–H groups in total. The van der Waals surface area contributed by atoms with Gasteiger partial charge in [-0.15, -0.1) is 0 Å². The summed E-state index contributed by atoms with van der Waals surface area (Å²) in [5.74, 6) is -3.05. The van der Waals surface area contributed by atoms with Crippen LogP contribution in [-0.4, -0.2) is 39.1 Å². The molecule has 2 aromatic rings. The van der Waals surface area contributed by atoms with Gasteiger partial charge >= 0.3 is 12.4 Å². The number of halogens is 7. The third-order valence-corrected chi connectivity index (χ3v) is 5.97. The van der Waals surface area contributed by atoms with Crippen molar-refractivity contribution in [1.29, 1.82) is 0 Å². The quantitative estimate of drug-likeness (QED) is 0.648. The Hall–Kier alpha value is -2.31. The van der Waals surface area contributed by atoms with E-state index in [1.165, 1.54) is 7.05 Å². The highest BCUT2D eigenvalue weighted by molar-refractivity contribution is 6.31. The van der Waals surface area contributed by atoms with Gasteiger partial charge in [-0.2, -0.15) is 31.4 Å². The molecule has 174 valence electrons. The van der Waals surface area contributed by atoms with Gasteiger partial charge in [0.05, 0.1) is 34.8 Å². The smallest absolute Gasteiger partial charge is 0.390 e. The maximum atomic E-state index is 13.5. The number of nitrogens with zero attached hydrogens (tertiary/aromatic N) is 2. The van der Waals surface area contributed by atoms with E-state index < -0.39 is 64.7 Å². The van der Waals surface area contributed by atoms with Crippen molar-refractivity contribution in [2.45, 2.75) is 43.0 Å². The molecule has 13 heteroatoms. The first-order chi connectivity index (χ1) is 14.8. The molecule has 0 saturated carbocycles. The highest BCUT2D eigenvalue weighted by Crippen LogP contribution is 2.51. The molecular formula is C19H16ClF6N3O3. The molecule has 1 aromatic heterocycles. The average molecular weight is 484 g/mol. The Bertz CT molecular complexity index is 1050. The lowest BCUT2D eigenvalue weighted by Crippen LogP contribution is -2.41. The maximum Gasteiger partial charge on any atom is 0.435 e. The van der Waals surface area contributed by atoms with E-state index >= 15 is 0 Å². The summed E-state index contributed by atoms with van der Waals surface area (Å²) in [6.45, 7) is 0. The van der Waals surface area contributed by atoms with Gasteiger partial charge in [-0.25, -0.2) is 0 Å². The molecule has 0 aliphatic carbocycles. The van der Waals surface area contributed by atoms with Crippen LogP contribution in [0, 0.1) is 5.92 Å². The van der Waals surface area contributed by atoms with Crippen LogP contribution in [0.15, 0.2) is 24.4 Å². The van der Waals surface area contributed by atoms with Crippen LogP contribution >= 0.6 is 11.6 Å². The highest BCUT2D eigenvalue weighted by atomic mass is 35.5. The Morgan fingerprint density at radius 1 is 1.25 bits per heavy atom. The number of benzene rings is 1. The van der Waals surface area contributed by atoms with E-state index in [9.17, 15) is 36.2 Å². The van der Waals surface area contributed by atoms with Gasteiger partial charge in [0.1, 0.15) is 0 Å². The van der Waals surface area contributed by atoms with Crippen molar-refractivity contribution >= 4 is 23.2 Å². The molecule has 1 aromatic carbocycles. The number of rotatable bonds is 3. The number of carbonyl (C=O) groups excluding carboxylic acids is 1. The van der Waals surface area contributed by atoms with Crippen LogP contribution in [0.3, 0.4) is 0 Å². The summed E-state index contributed by atoms with van der Waals surface area (Å²) in [7, 11) is 1.29. The first kappa shape index (κ1) is 22.9. The number of anilines is 1. The van der Waals surface area contributed by atoms with Crippen molar-refractivity contribution < 1.29 is 41.0 Å². The van der Waals surface area contributed by atoms with Crippen LogP contribution in [0.5, 0.6) is 0 Å². The molecule has 6 nitrogen and oxygen atoms in total. The fraction of sp³-hybridized carbons (Fsp3) is 0.474. The maximum absolute atomic E-state index is 13.5. The van der Waals surface area contributed by atoms with Crippen LogP contribution in [0.4, 0.5) is 32.0 Å². The molecule has 0 unspecified atom stereocenters. The molecule has 0 spiro atoms. The molecule has 2 bridgehead atoms. The molecule has 3 heterocycles. The number of fused-ring (bicyclic) bond motifs is 2. The number of aryl methyl sites for hydroxylation is 1. The van der Waals surface area contributed by atoms with Crippen molar-refractivity contribution in [3.8, 4) is 0 Å². The van der Waals surface area contributed by atoms with Crippen molar-refractivity contribution in [3.05, 3.63) is 46.2 Å². The number of aliphatic hydroxyl groups excluding tert-OH is 1. The Labute approximate surface area is 182 Å². The monoisotopic (exact) mass is 483 g/mol. The summed E-state index contributed by atoms with van der Waals surface area (Å²) in [4.78, 5) is 13.0. The van der Waals surface area contributed by atoms with E-state index in [0.717, 1.165) is 23.0 Å². The van der Waals surface area contributed by atoms with Gasteiger partial charge in [-0.05, 0) is 18.2 Å². The Morgan fingerprint density at radius 2 is 1.94 bits per heavy atom. The van der Waals surface area contributed by atoms with Crippen LogP contribution in [0.2, 0.25) is 5.02 Å². The minimum atomic E-state index is -4.80. The van der Waals surface area contributed by atoms with Crippen LogP contribution in [0.25, 0.3) is 0 Å². The number of aromatic nitrogens is 2. The van der Waals surface area contributed by atoms with Crippen molar-refractivity contribution in [3.63, 3.8) is 0 Å².